The van der Waals surface area contributed by atoms with E-state index in [1.807, 2.05) is 25.1 Å². The number of nitrogens with zero attached hydrogens (tertiary/aromatic N) is 1. The van der Waals surface area contributed by atoms with Crippen LogP contribution in [-0.2, 0) is 16.0 Å². The first-order chi connectivity index (χ1) is 12.6. The van der Waals surface area contributed by atoms with Gasteiger partial charge in [-0.1, -0.05) is 24.3 Å². The molecule has 1 aliphatic rings. The number of aryl methyl sites for hydroxylation is 1. The zero-order valence-electron chi connectivity index (χ0n) is 15.1. The zero-order chi connectivity index (χ0) is 18.4. The molecule has 0 unspecified atom stereocenters. The van der Waals surface area contributed by atoms with E-state index in [1.54, 1.807) is 6.07 Å². The Labute approximate surface area is 154 Å². The molecule has 5 heteroatoms. The Morgan fingerprint density at radius 3 is 2.42 bits per heavy atom. The third-order valence-electron chi connectivity index (χ3n) is 4.59. The summed E-state index contributed by atoms with van der Waals surface area (Å²) in [6.07, 6.45) is 3.22. The second kappa shape index (κ2) is 8.52. The Bertz CT molecular complexity index is 765. The van der Waals surface area contributed by atoms with Gasteiger partial charge in [0.25, 0.3) is 0 Å². The van der Waals surface area contributed by atoms with Gasteiger partial charge in [0.05, 0.1) is 0 Å². The Hall–Kier alpha value is -2.82. The van der Waals surface area contributed by atoms with Gasteiger partial charge in [-0.15, -0.1) is 0 Å². The van der Waals surface area contributed by atoms with Crippen LogP contribution in [0.5, 0.6) is 0 Å². The molecule has 0 atom stereocenters. The summed E-state index contributed by atoms with van der Waals surface area (Å²) < 4.78 is 0. The Balaban J connectivity index is 1.43. The van der Waals surface area contributed by atoms with E-state index in [-0.39, 0.29) is 0 Å². The number of carbonyl (C=O) groups is 2. The van der Waals surface area contributed by atoms with Crippen molar-refractivity contribution >= 4 is 23.2 Å². The largest absolute Gasteiger partial charge is 0.372 e. The number of hydrogen-bond donors (Lipinski definition) is 2. The second-order valence-corrected chi connectivity index (χ2v) is 6.69. The molecular formula is C21H25N3O2. The minimum Gasteiger partial charge on any atom is -0.372 e. The molecule has 0 saturated carbocycles. The lowest BCUT2D eigenvalue weighted by Crippen LogP contribution is -2.36. The van der Waals surface area contributed by atoms with Gasteiger partial charge < -0.3 is 15.5 Å². The maximum Gasteiger partial charge on any atom is 0.313 e. The van der Waals surface area contributed by atoms with Crippen molar-refractivity contribution in [1.82, 2.24) is 5.32 Å². The molecule has 2 amide bonds. The molecule has 0 aromatic heterocycles. The number of benzene rings is 2. The lowest BCUT2D eigenvalue weighted by molar-refractivity contribution is -0.136. The second-order valence-electron chi connectivity index (χ2n) is 6.69. The minimum atomic E-state index is -0.639. The van der Waals surface area contributed by atoms with Crippen molar-refractivity contribution in [2.24, 2.45) is 0 Å². The van der Waals surface area contributed by atoms with Crippen molar-refractivity contribution in [3.8, 4) is 0 Å². The first-order valence-electron chi connectivity index (χ1n) is 9.11. The summed E-state index contributed by atoms with van der Waals surface area (Å²) in [6.45, 7) is 4.63. The van der Waals surface area contributed by atoms with Crippen LogP contribution >= 0.6 is 0 Å². The molecule has 1 saturated heterocycles. The van der Waals surface area contributed by atoms with Crippen molar-refractivity contribution in [2.75, 3.05) is 29.9 Å². The van der Waals surface area contributed by atoms with E-state index in [2.05, 4.69) is 39.8 Å². The van der Waals surface area contributed by atoms with Crippen LogP contribution in [0.3, 0.4) is 0 Å². The summed E-state index contributed by atoms with van der Waals surface area (Å²) in [6, 6.07) is 15.8. The lowest BCUT2D eigenvalue weighted by atomic mass is 10.1. The summed E-state index contributed by atoms with van der Waals surface area (Å²) in [5, 5.41) is 5.29. The molecular weight excluding hydrogens is 326 g/mol. The fourth-order valence-electron chi connectivity index (χ4n) is 3.16. The predicted octanol–water partition coefficient (Wildman–Crippen LogP) is 2.89. The normalized spacial score (nSPS) is 13.5. The quantitative estimate of drug-likeness (QED) is 0.814. The van der Waals surface area contributed by atoms with Gasteiger partial charge in [0.15, 0.2) is 0 Å². The van der Waals surface area contributed by atoms with Crippen LogP contribution in [0.25, 0.3) is 0 Å². The Morgan fingerprint density at radius 1 is 1.00 bits per heavy atom. The van der Waals surface area contributed by atoms with Crippen molar-refractivity contribution in [1.29, 1.82) is 0 Å². The fourth-order valence-corrected chi connectivity index (χ4v) is 3.16. The van der Waals surface area contributed by atoms with Gasteiger partial charge in [0, 0.05) is 31.0 Å². The predicted molar refractivity (Wildman–Crippen MR) is 104 cm³/mol. The average molecular weight is 351 g/mol. The van der Waals surface area contributed by atoms with E-state index in [9.17, 15) is 9.59 Å². The number of anilines is 2. The average Bonchev–Trinajstić information content (AvgIpc) is 3.17. The number of amides is 2. The molecule has 1 aliphatic heterocycles. The molecule has 1 fully saturated rings. The Morgan fingerprint density at radius 2 is 1.73 bits per heavy atom. The van der Waals surface area contributed by atoms with Crippen LogP contribution < -0.4 is 15.5 Å². The molecule has 2 aromatic carbocycles. The van der Waals surface area contributed by atoms with Gasteiger partial charge in [0.2, 0.25) is 0 Å². The topological polar surface area (TPSA) is 61.4 Å². The van der Waals surface area contributed by atoms with E-state index in [4.69, 9.17) is 0 Å². The summed E-state index contributed by atoms with van der Waals surface area (Å²) >= 11 is 0. The SMILES string of the molecule is Cc1cccc(NC(=O)C(=O)NCCc2ccc(N3CCCC3)cc2)c1. The maximum atomic E-state index is 11.9. The van der Waals surface area contributed by atoms with Crippen molar-refractivity contribution in [3.63, 3.8) is 0 Å². The molecule has 0 aliphatic carbocycles. The summed E-state index contributed by atoms with van der Waals surface area (Å²) in [4.78, 5) is 26.2. The van der Waals surface area contributed by atoms with Crippen LogP contribution in [0.1, 0.15) is 24.0 Å². The molecule has 2 aromatic rings. The molecule has 5 nitrogen and oxygen atoms in total. The molecule has 3 rings (SSSR count). The number of rotatable bonds is 5. The van der Waals surface area contributed by atoms with Crippen LogP contribution in [0.2, 0.25) is 0 Å². The van der Waals surface area contributed by atoms with Crippen LogP contribution in [0.4, 0.5) is 11.4 Å². The first-order valence-corrected chi connectivity index (χ1v) is 9.11. The highest BCUT2D eigenvalue weighted by Gasteiger charge is 2.14. The van der Waals surface area contributed by atoms with Gasteiger partial charge >= 0.3 is 11.8 Å². The van der Waals surface area contributed by atoms with E-state index in [1.165, 1.54) is 18.5 Å². The minimum absolute atomic E-state index is 0.434. The third kappa shape index (κ3) is 4.85. The molecule has 0 radical (unpaired) electrons. The number of carbonyl (C=O) groups excluding carboxylic acids is 2. The lowest BCUT2D eigenvalue weighted by Gasteiger charge is -2.17. The van der Waals surface area contributed by atoms with E-state index < -0.39 is 11.8 Å². The maximum absolute atomic E-state index is 11.9. The van der Waals surface area contributed by atoms with Crippen molar-refractivity contribution < 1.29 is 9.59 Å². The molecule has 136 valence electrons. The molecule has 0 bridgehead atoms. The standard InChI is InChI=1S/C21H25N3O2/c1-16-5-4-6-18(15-16)23-21(26)20(25)22-12-11-17-7-9-19(10-8-17)24-13-2-3-14-24/h4-10,15H,2-3,11-14H2,1H3,(H,22,25)(H,23,26). The van der Waals surface area contributed by atoms with Crippen LogP contribution in [0.15, 0.2) is 48.5 Å². The van der Waals surface area contributed by atoms with Gasteiger partial charge in [-0.05, 0) is 61.6 Å². The molecule has 1 heterocycles. The number of hydrogen-bond acceptors (Lipinski definition) is 3. The van der Waals surface area contributed by atoms with Crippen molar-refractivity contribution in [3.05, 3.63) is 59.7 Å². The molecule has 2 N–H and O–H groups in total. The number of nitrogens with one attached hydrogen (secondary N) is 2. The third-order valence-corrected chi connectivity index (χ3v) is 4.59. The molecule has 0 spiro atoms. The fraction of sp³-hybridized carbons (Fsp3) is 0.333. The zero-order valence-corrected chi connectivity index (χ0v) is 15.1. The summed E-state index contributed by atoms with van der Waals surface area (Å²) in [5.74, 6) is -1.25. The van der Waals surface area contributed by atoms with E-state index >= 15 is 0 Å². The van der Waals surface area contributed by atoms with Gasteiger partial charge in [-0.25, -0.2) is 0 Å². The highest BCUT2D eigenvalue weighted by atomic mass is 16.2. The van der Waals surface area contributed by atoms with E-state index in [0.717, 1.165) is 24.2 Å². The monoisotopic (exact) mass is 351 g/mol. The van der Waals surface area contributed by atoms with Crippen molar-refractivity contribution in [2.45, 2.75) is 26.2 Å². The highest BCUT2D eigenvalue weighted by molar-refractivity contribution is 6.39. The highest BCUT2D eigenvalue weighted by Crippen LogP contribution is 2.20. The summed E-state index contributed by atoms with van der Waals surface area (Å²) in [7, 11) is 0. The van der Waals surface area contributed by atoms with Crippen LogP contribution in [-0.4, -0.2) is 31.4 Å². The summed E-state index contributed by atoms with van der Waals surface area (Å²) in [5.41, 5.74) is 4.06. The van der Waals surface area contributed by atoms with Gasteiger partial charge in [-0.2, -0.15) is 0 Å². The molecule has 26 heavy (non-hydrogen) atoms. The van der Waals surface area contributed by atoms with E-state index in [0.29, 0.717) is 18.7 Å². The van der Waals surface area contributed by atoms with Gasteiger partial charge in [0.1, 0.15) is 0 Å². The van der Waals surface area contributed by atoms with Gasteiger partial charge in [-0.3, -0.25) is 9.59 Å². The Kier molecular flexibility index (Phi) is 5.89. The van der Waals surface area contributed by atoms with Crippen LogP contribution in [0, 0.1) is 6.92 Å². The first kappa shape index (κ1) is 18.0. The smallest absolute Gasteiger partial charge is 0.313 e.